The van der Waals surface area contributed by atoms with Gasteiger partial charge in [0.1, 0.15) is 0 Å². The number of carbonyl (C=O) groups is 1. The van der Waals surface area contributed by atoms with Crippen LogP contribution >= 0.6 is 0 Å². The molecule has 0 saturated carbocycles. The van der Waals surface area contributed by atoms with E-state index in [1.807, 2.05) is 15.8 Å². The molecule has 0 aromatic carbocycles. The summed E-state index contributed by atoms with van der Waals surface area (Å²) in [6.07, 6.45) is 4.04. The maximum Gasteiger partial charge on any atom is 0.219 e. The lowest BCUT2D eigenvalue weighted by molar-refractivity contribution is -0.130. The van der Waals surface area contributed by atoms with Crippen molar-refractivity contribution in [2.24, 2.45) is 0 Å². The molecule has 0 aliphatic carbocycles. The van der Waals surface area contributed by atoms with Crippen LogP contribution in [0, 0.1) is 0 Å². The Kier molecular flexibility index (Phi) is 5.58. The molecule has 0 bridgehead atoms. The van der Waals surface area contributed by atoms with Crippen LogP contribution < -0.4 is 5.32 Å². The molecule has 1 saturated heterocycles. The van der Waals surface area contributed by atoms with Crippen LogP contribution in [-0.2, 0) is 16.9 Å². The van der Waals surface area contributed by atoms with Crippen LogP contribution in [0.3, 0.4) is 0 Å². The first-order valence-corrected chi connectivity index (χ1v) is 8.09. The summed E-state index contributed by atoms with van der Waals surface area (Å²) in [6, 6.07) is 0. The Morgan fingerprint density at radius 3 is 2.50 bits per heavy atom. The van der Waals surface area contributed by atoms with Crippen molar-refractivity contribution in [3.8, 4) is 0 Å². The molecular formula is C16H29N5O. The highest BCUT2D eigenvalue weighted by atomic mass is 16.2. The van der Waals surface area contributed by atoms with E-state index >= 15 is 0 Å². The Bertz CT molecular complexity index is 483. The summed E-state index contributed by atoms with van der Waals surface area (Å²) < 4.78 is 2.00. The van der Waals surface area contributed by atoms with Crippen LogP contribution in [0.5, 0.6) is 0 Å². The van der Waals surface area contributed by atoms with E-state index in [2.05, 4.69) is 42.3 Å². The molecule has 2 rings (SSSR count). The summed E-state index contributed by atoms with van der Waals surface area (Å²) in [5.41, 5.74) is 1.26. The number of nitrogens with one attached hydrogen (secondary N) is 1. The average Bonchev–Trinajstić information content (AvgIpc) is 2.93. The van der Waals surface area contributed by atoms with Gasteiger partial charge in [-0.05, 0) is 20.8 Å². The van der Waals surface area contributed by atoms with Crippen molar-refractivity contribution in [2.75, 3.05) is 39.3 Å². The summed E-state index contributed by atoms with van der Waals surface area (Å²) in [4.78, 5) is 15.6. The lowest BCUT2D eigenvalue weighted by atomic mass is 10.1. The average molecular weight is 307 g/mol. The minimum atomic E-state index is 0.0363. The number of aromatic nitrogens is 2. The second-order valence-electron chi connectivity index (χ2n) is 6.99. The third-order valence-corrected chi connectivity index (χ3v) is 4.07. The van der Waals surface area contributed by atoms with Crippen LogP contribution in [0.2, 0.25) is 0 Å². The molecule has 1 aromatic heterocycles. The van der Waals surface area contributed by atoms with Crippen molar-refractivity contribution in [1.82, 2.24) is 24.9 Å². The van der Waals surface area contributed by atoms with E-state index in [9.17, 15) is 4.79 Å². The highest BCUT2D eigenvalue weighted by molar-refractivity contribution is 5.73. The molecule has 1 aliphatic heterocycles. The van der Waals surface area contributed by atoms with Gasteiger partial charge in [0.2, 0.25) is 5.91 Å². The molecule has 1 fully saturated rings. The predicted molar refractivity (Wildman–Crippen MR) is 87.6 cm³/mol. The van der Waals surface area contributed by atoms with Gasteiger partial charge in [-0.25, -0.2) is 0 Å². The molecule has 1 N–H and O–H groups in total. The molecule has 1 aromatic rings. The van der Waals surface area contributed by atoms with Crippen molar-refractivity contribution < 1.29 is 4.79 Å². The van der Waals surface area contributed by atoms with Gasteiger partial charge in [-0.15, -0.1) is 0 Å². The van der Waals surface area contributed by atoms with Crippen LogP contribution in [0.4, 0.5) is 0 Å². The van der Waals surface area contributed by atoms with E-state index < -0.39 is 0 Å². The standard InChI is InChI=1S/C16H29N5O/c1-14(22)20-9-7-19(8-10-20)6-5-17-11-15-12-18-21(13-15)16(2,3)4/h12-13,17H,5-11H2,1-4H3. The lowest BCUT2D eigenvalue weighted by Crippen LogP contribution is -2.49. The van der Waals surface area contributed by atoms with E-state index in [1.54, 1.807) is 6.92 Å². The molecule has 22 heavy (non-hydrogen) atoms. The van der Waals surface area contributed by atoms with Gasteiger partial charge in [0.05, 0.1) is 11.7 Å². The molecule has 2 heterocycles. The third kappa shape index (κ3) is 4.81. The Hall–Kier alpha value is -1.40. The minimum absolute atomic E-state index is 0.0363. The lowest BCUT2D eigenvalue weighted by Gasteiger charge is -2.34. The molecule has 0 radical (unpaired) electrons. The Balaban J connectivity index is 1.64. The highest BCUT2D eigenvalue weighted by Crippen LogP contribution is 2.12. The Morgan fingerprint density at radius 2 is 1.95 bits per heavy atom. The molecule has 0 unspecified atom stereocenters. The molecule has 1 aliphatic rings. The molecule has 6 heteroatoms. The highest BCUT2D eigenvalue weighted by Gasteiger charge is 2.18. The summed E-state index contributed by atoms with van der Waals surface area (Å²) >= 11 is 0. The van der Waals surface area contributed by atoms with Gasteiger partial charge in [0.15, 0.2) is 0 Å². The predicted octanol–water partition coefficient (Wildman–Crippen LogP) is 0.892. The van der Waals surface area contributed by atoms with Gasteiger partial charge in [0, 0.05) is 64.5 Å². The van der Waals surface area contributed by atoms with Crippen molar-refractivity contribution >= 4 is 5.91 Å². The number of rotatable bonds is 5. The summed E-state index contributed by atoms with van der Waals surface area (Å²) in [5, 5.41) is 7.88. The monoisotopic (exact) mass is 307 g/mol. The van der Waals surface area contributed by atoms with Crippen molar-refractivity contribution in [2.45, 2.75) is 39.8 Å². The van der Waals surface area contributed by atoms with E-state index in [0.29, 0.717) is 0 Å². The normalized spacial score (nSPS) is 17.0. The number of piperazine rings is 1. The fraction of sp³-hybridized carbons (Fsp3) is 0.750. The topological polar surface area (TPSA) is 53.4 Å². The Labute approximate surface area is 133 Å². The number of amides is 1. The van der Waals surface area contributed by atoms with Crippen molar-refractivity contribution in [1.29, 1.82) is 0 Å². The van der Waals surface area contributed by atoms with Gasteiger partial charge < -0.3 is 10.2 Å². The first kappa shape index (κ1) is 17.0. The Morgan fingerprint density at radius 1 is 1.27 bits per heavy atom. The smallest absolute Gasteiger partial charge is 0.219 e. The minimum Gasteiger partial charge on any atom is -0.340 e. The largest absolute Gasteiger partial charge is 0.340 e. The third-order valence-electron chi connectivity index (χ3n) is 4.07. The fourth-order valence-corrected chi connectivity index (χ4v) is 2.57. The first-order valence-electron chi connectivity index (χ1n) is 8.09. The quantitative estimate of drug-likeness (QED) is 0.821. The molecule has 0 spiro atoms. The zero-order chi connectivity index (χ0) is 16.2. The SMILES string of the molecule is CC(=O)N1CCN(CCNCc2cnn(C(C)(C)C)c2)CC1. The van der Waals surface area contributed by atoms with Crippen LogP contribution in [0.15, 0.2) is 12.4 Å². The van der Waals surface area contributed by atoms with Crippen molar-refractivity contribution in [3.63, 3.8) is 0 Å². The summed E-state index contributed by atoms with van der Waals surface area (Å²) in [5.74, 6) is 0.189. The van der Waals surface area contributed by atoms with Gasteiger partial charge in [-0.1, -0.05) is 0 Å². The summed E-state index contributed by atoms with van der Waals surface area (Å²) in [6.45, 7) is 14.6. The second kappa shape index (κ2) is 7.24. The van der Waals surface area contributed by atoms with Crippen molar-refractivity contribution in [3.05, 3.63) is 18.0 Å². The molecule has 6 nitrogen and oxygen atoms in total. The molecule has 0 atom stereocenters. The van der Waals surface area contributed by atoms with Gasteiger partial charge >= 0.3 is 0 Å². The maximum atomic E-state index is 11.3. The zero-order valence-corrected chi connectivity index (χ0v) is 14.3. The molecular weight excluding hydrogens is 278 g/mol. The molecule has 124 valence electrons. The maximum absolute atomic E-state index is 11.3. The molecule has 1 amide bonds. The summed E-state index contributed by atoms with van der Waals surface area (Å²) in [7, 11) is 0. The number of hydrogen-bond acceptors (Lipinski definition) is 4. The van der Waals surface area contributed by atoms with E-state index in [4.69, 9.17) is 0 Å². The van der Waals surface area contributed by atoms with Crippen LogP contribution in [0.1, 0.15) is 33.3 Å². The van der Waals surface area contributed by atoms with Crippen LogP contribution in [-0.4, -0.2) is 64.8 Å². The van der Waals surface area contributed by atoms with Gasteiger partial charge in [-0.2, -0.15) is 5.10 Å². The van der Waals surface area contributed by atoms with E-state index in [0.717, 1.165) is 45.8 Å². The number of carbonyl (C=O) groups excluding carboxylic acids is 1. The zero-order valence-electron chi connectivity index (χ0n) is 14.3. The number of hydrogen-bond donors (Lipinski definition) is 1. The van der Waals surface area contributed by atoms with E-state index in [-0.39, 0.29) is 11.4 Å². The van der Waals surface area contributed by atoms with Crippen LogP contribution in [0.25, 0.3) is 0 Å². The first-order chi connectivity index (χ1) is 10.4. The van der Waals surface area contributed by atoms with Gasteiger partial charge in [-0.3, -0.25) is 14.4 Å². The fourth-order valence-electron chi connectivity index (χ4n) is 2.57. The van der Waals surface area contributed by atoms with E-state index in [1.165, 1.54) is 5.56 Å². The van der Waals surface area contributed by atoms with Gasteiger partial charge in [0.25, 0.3) is 0 Å². The second-order valence-corrected chi connectivity index (χ2v) is 6.99. The number of nitrogens with zero attached hydrogens (tertiary/aromatic N) is 4.